The van der Waals surface area contributed by atoms with Gasteiger partial charge in [-0.25, -0.2) is 0 Å². The van der Waals surface area contributed by atoms with Gasteiger partial charge in [-0.3, -0.25) is 4.79 Å². The molecule has 0 spiro atoms. The van der Waals surface area contributed by atoms with E-state index in [0.29, 0.717) is 18.4 Å². The second kappa shape index (κ2) is 5.90. The Morgan fingerprint density at radius 3 is 2.57 bits per heavy atom. The van der Waals surface area contributed by atoms with E-state index in [-0.39, 0.29) is 12.5 Å². The zero-order chi connectivity index (χ0) is 15.6. The van der Waals surface area contributed by atoms with Gasteiger partial charge >= 0.3 is 0 Å². The monoisotopic (exact) mass is 288 g/mol. The fourth-order valence-electron chi connectivity index (χ4n) is 2.45. The zero-order valence-corrected chi connectivity index (χ0v) is 13.2. The van der Waals surface area contributed by atoms with Crippen LogP contribution in [-0.2, 0) is 0 Å². The fraction of sp³-hybridized carbons (Fsp3) is 0.471. The van der Waals surface area contributed by atoms with Gasteiger partial charge in [0.25, 0.3) is 5.91 Å². The Morgan fingerprint density at radius 2 is 1.95 bits per heavy atom. The molecule has 0 unspecified atom stereocenters. The molecule has 0 radical (unpaired) electrons. The number of aromatic nitrogens is 1. The van der Waals surface area contributed by atoms with Gasteiger partial charge in [-0.1, -0.05) is 13.8 Å². The maximum absolute atomic E-state index is 12.3. The van der Waals surface area contributed by atoms with Crippen molar-refractivity contribution in [2.75, 3.05) is 6.54 Å². The van der Waals surface area contributed by atoms with Gasteiger partial charge in [-0.05, 0) is 50.5 Å². The normalized spacial score (nSPS) is 11.9. The summed E-state index contributed by atoms with van der Waals surface area (Å²) in [7, 11) is 0. The molecular formula is C17H24N2O2. The van der Waals surface area contributed by atoms with Gasteiger partial charge in [0.2, 0.25) is 0 Å². The van der Waals surface area contributed by atoms with Crippen molar-refractivity contribution in [3.8, 4) is 0 Å². The van der Waals surface area contributed by atoms with E-state index in [1.165, 1.54) is 5.56 Å². The molecule has 0 bridgehead atoms. The van der Waals surface area contributed by atoms with Crippen LogP contribution in [0.4, 0.5) is 0 Å². The van der Waals surface area contributed by atoms with Crippen molar-refractivity contribution >= 4 is 16.8 Å². The second-order valence-corrected chi connectivity index (χ2v) is 5.75. The number of aryl methyl sites for hydroxylation is 2. The average molecular weight is 288 g/mol. The Morgan fingerprint density at radius 1 is 1.29 bits per heavy atom. The number of carbonyl (C=O) groups is 1. The van der Waals surface area contributed by atoms with Crippen LogP contribution in [-0.4, -0.2) is 28.1 Å². The summed E-state index contributed by atoms with van der Waals surface area (Å²) in [6, 6.07) is 5.64. The van der Waals surface area contributed by atoms with Crippen molar-refractivity contribution in [3.05, 3.63) is 35.0 Å². The standard InChI is InChI=1S/C17H24N2O2/c1-5-17(21,6-2)10-18-16(20)13-7-8-15-14(9-13)11(3)12(4)19-15/h7-9,19,21H,5-6,10H2,1-4H3,(H,18,20). The van der Waals surface area contributed by atoms with Crippen LogP contribution in [0.5, 0.6) is 0 Å². The van der Waals surface area contributed by atoms with Gasteiger partial charge in [0.15, 0.2) is 0 Å². The minimum absolute atomic E-state index is 0.143. The highest BCUT2D eigenvalue weighted by molar-refractivity contribution is 5.99. The van der Waals surface area contributed by atoms with Crippen molar-refractivity contribution in [1.82, 2.24) is 10.3 Å². The van der Waals surface area contributed by atoms with E-state index in [4.69, 9.17) is 0 Å². The van der Waals surface area contributed by atoms with Crippen LogP contribution >= 0.6 is 0 Å². The number of hydrogen-bond donors (Lipinski definition) is 3. The maximum atomic E-state index is 12.3. The Hall–Kier alpha value is -1.81. The number of carbonyl (C=O) groups excluding carboxylic acids is 1. The van der Waals surface area contributed by atoms with Crippen molar-refractivity contribution in [2.45, 2.75) is 46.1 Å². The number of benzene rings is 1. The fourth-order valence-corrected chi connectivity index (χ4v) is 2.45. The molecule has 1 aromatic carbocycles. The average Bonchev–Trinajstić information content (AvgIpc) is 2.79. The summed E-state index contributed by atoms with van der Waals surface area (Å²) in [5.74, 6) is -0.143. The van der Waals surface area contributed by atoms with Crippen molar-refractivity contribution in [3.63, 3.8) is 0 Å². The molecule has 0 aliphatic rings. The van der Waals surface area contributed by atoms with Crippen LogP contribution in [0, 0.1) is 13.8 Å². The largest absolute Gasteiger partial charge is 0.388 e. The summed E-state index contributed by atoms with van der Waals surface area (Å²) in [6.45, 7) is 8.20. The third kappa shape index (κ3) is 3.10. The van der Waals surface area contributed by atoms with Crippen LogP contribution in [0.2, 0.25) is 0 Å². The molecule has 0 fully saturated rings. The quantitative estimate of drug-likeness (QED) is 0.791. The van der Waals surface area contributed by atoms with E-state index < -0.39 is 5.60 Å². The first-order chi connectivity index (χ1) is 9.90. The summed E-state index contributed by atoms with van der Waals surface area (Å²) >= 11 is 0. The number of H-pyrrole nitrogens is 1. The van der Waals surface area contributed by atoms with Crippen molar-refractivity contribution in [2.24, 2.45) is 0 Å². The number of rotatable bonds is 5. The number of aromatic amines is 1. The lowest BCUT2D eigenvalue weighted by Crippen LogP contribution is -2.42. The van der Waals surface area contributed by atoms with Gasteiger partial charge in [0, 0.05) is 28.7 Å². The van der Waals surface area contributed by atoms with Gasteiger partial charge in [-0.15, -0.1) is 0 Å². The van der Waals surface area contributed by atoms with Gasteiger partial charge in [-0.2, -0.15) is 0 Å². The molecule has 0 aliphatic heterocycles. The molecule has 0 saturated carbocycles. The summed E-state index contributed by atoms with van der Waals surface area (Å²) in [6.07, 6.45) is 1.25. The first-order valence-electron chi connectivity index (χ1n) is 7.49. The Bertz CT molecular complexity index is 654. The highest BCUT2D eigenvalue weighted by Gasteiger charge is 2.23. The number of hydrogen-bond acceptors (Lipinski definition) is 2. The van der Waals surface area contributed by atoms with E-state index in [1.807, 2.05) is 45.9 Å². The van der Waals surface area contributed by atoms with Gasteiger partial charge in [0.1, 0.15) is 0 Å². The molecule has 1 amide bonds. The van der Waals surface area contributed by atoms with Crippen LogP contribution < -0.4 is 5.32 Å². The molecule has 4 nitrogen and oxygen atoms in total. The lowest BCUT2D eigenvalue weighted by atomic mass is 9.97. The Kier molecular flexibility index (Phi) is 4.37. The molecule has 1 heterocycles. The summed E-state index contributed by atoms with van der Waals surface area (Å²) in [5, 5.41) is 14.1. The highest BCUT2D eigenvalue weighted by atomic mass is 16.3. The van der Waals surface area contributed by atoms with Crippen molar-refractivity contribution < 1.29 is 9.90 Å². The minimum atomic E-state index is -0.819. The third-order valence-electron chi connectivity index (χ3n) is 4.46. The Labute approximate surface area is 125 Å². The molecule has 1 aromatic heterocycles. The molecule has 3 N–H and O–H groups in total. The molecular weight excluding hydrogens is 264 g/mol. The van der Waals surface area contributed by atoms with E-state index >= 15 is 0 Å². The third-order valence-corrected chi connectivity index (χ3v) is 4.46. The number of nitrogens with one attached hydrogen (secondary N) is 2. The molecule has 21 heavy (non-hydrogen) atoms. The zero-order valence-electron chi connectivity index (χ0n) is 13.2. The number of fused-ring (bicyclic) bond motifs is 1. The second-order valence-electron chi connectivity index (χ2n) is 5.75. The molecule has 0 atom stereocenters. The summed E-state index contributed by atoms with van der Waals surface area (Å²) in [4.78, 5) is 15.5. The van der Waals surface area contributed by atoms with Gasteiger partial charge < -0.3 is 15.4 Å². The maximum Gasteiger partial charge on any atom is 0.251 e. The number of amides is 1. The van der Waals surface area contributed by atoms with Crippen LogP contribution in [0.1, 0.15) is 48.3 Å². The molecule has 0 saturated heterocycles. The summed E-state index contributed by atoms with van der Waals surface area (Å²) in [5.41, 5.74) is 3.13. The van der Waals surface area contributed by atoms with E-state index in [2.05, 4.69) is 10.3 Å². The molecule has 114 valence electrons. The topological polar surface area (TPSA) is 65.1 Å². The lowest BCUT2D eigenvalue weighted by molar-refractivity contribution is 0.0314. The molecule has 4 heteroatoms. The van der Waals surface area contributed by atoms with E-state index in [1.54, 1.807) is 0 Å². The molecule has 0 aliphatic carbocycles. The molecule has 2 rings (SSSR count). The number of aliphatic hydroxyl groups is 1. The molecule has 2 aromatic rings. The predicted molar refractivity (Wildman–Crippen MR) is 85.6 cm³/mol. The predicted octanol–water partition coefficient (Wildman–Crippen LogP) is 3.07. The minimum Gasteiger partial charge on any atom is -0.388 e. The van der Waals surface area contributed by atoms with Crippen LogP contribution in [0.25, 0.3) is 10.9 Å². The SMILES string of the molecule is CCC(O)(CC)CNC(=O)c1ccc2[nH]c(C)c(C)c2c1. The smallest absolute Gasteiger partial charge is 0.251 e. The van der Waals surface area contributed by atoms with Gasteiger partial charge in [0.05, 0.1) is 5.60 Å². The van der Waals surface area contributed by atoms with E-state index in [9.17, 15) is 9.90 Å². The lowest BCUT2D eigenvalue weighted by Gasteiger charge is -2.25. The first-order valence-corrected chi connectivity index (χ1v) is 7.49. The van der Waals surface area contributed by atoms with Crippen LogP contribution in [0.15, 0.2) is 18.2 Å². The first kappa shape index (κ1) is 15.6. The van der Waals surface area contributed by atoms with E-state index in [0.717, 1.165) is 16.6 Å². The van der Waals surface area contributed by atoms with Crippen molar-refractivity contribution in [1.29, 1.82) is 0 Å². The summed E-state index contributed by atoms with van der Waals surface area (Å²) < 4.78 is 0. The highest BCUT2D eigenvalue weighted by Crippen LogP contribution is 2.22. The van der Waals surface area contributed by atoms with Crippen LogP contribution in [0.3, 0.4) is 0 Å². The Balaban J connectivity index is 2.18.